The van der Waals surface area contributed by atoms with Crippen molar-refractivity contribution in [2.24, 2.45) is 0 Å². The Morgan fingerprint density at radius 1 is 1.30 bits per heavy atom. The lowest BCUT2D eigenvalue weighted by molar-refractivity contribution is -0.137. The predicted octanol–water partition coefficient (Wildman–Crippen LogP) is 3.48. The zero-order valence-electron chi connectivity index (χ0n) is 12.1. The second-order valence-electron chi connectivity index (χ2n) is 4.83. The van der Waals surface area contributed by atoms with Crippen molar-refractivity contribution in [3.8, 4) is 0 Å². The average molecular weight is 369 g/mol. The van der Waals surface area contributed by atoms with Gasteiger partial charge in [0, 0.05) is 13.1 Å². The summed E-state index contributed by atoms with van der Waals surface area (Å²) in [7, 11) is -2.90. The Morgan fingerprint density at radius 3 is 2.48 bits per heavy atom. The van der Waals surface area contributed by atoms with E-state index in [0.29, 0.717) is 17.5 Å². The lowest BCUT2D eigenvalue weighted by Gasteiger charge is -2.17. The van der Waals surface area contributed by atoms with Crippen molar-refractivity contribution >= 4 is 21.6 Å². The van der Waals surface area contributed by atoms with E-state index in [1.54, 1.807) is 6.92 Å². The molecule has 0 N–H and O–H groups in total. The van der Waals surface area contributed by atoms with E-state index in [9.17, 15) is 21.6 Å². The molecule has 0 radical (unpaired) electrons. The minimum Gasteiger partial charge on any atom is -0.361 e. The molecule has 0 aliphatic heterocycles. The molecule has 0 spiro atoms. The first-order valence-electron chi connectivity index (χ1n) is 6.27. The maximum Gasteiger partial charge on any atom is 0.417 e. The molecule has 2 rings (SSSR count). The summed E-state index contributed by atoms with van der Waals surface area (Å²) in [5.74, 6) is 0.497. The number of nitrogens with zero attached hydrogens (tertiary/aromatic N) is 2. The first-order chi connectivity index (χ1) is 10.5. The first-order valence-corrected chi connectivity index (χ1v) is 8.09. The van der Waals surface area contributed by atoms with Gasteiger partial charge in [-0.3, -0.25) is 0 Å². The van der Waals surface area contributed by atoms with E-state index in [1.807, 2.05) is 0 Å². The molecule has 0 bridgehead atoms. The summed E-state index contributed by atoms with van der Waals surface area (Å²) in [5, 5.41) is 3.09. The Hall–Kier alpha value is -1.58. The van der Waals surface area contributed by atoms with Crippen LogP contribution in [0.25, 0.3) is 0 Å². The third kappa shape index (κ3) is 3.85. The van der Waals surface area contributed by atoms with Gasteiger partial charge in [-0.15, -0.1) is 0 Å². The lowest BCUT2D eigenvalue weighted by Crippen LogP contribution is -2.27. The van der Waals surface area contributed by atoms with Crippen LogP contribution in [0.1, 0.15) is 17.0 Å². The van der Waals surface area contributed by atoms with Crippen LogP contribution in [0, 0.1) is 6.92 Å². The summed E-state index contributed by atoms with van der Waals surface area (Å²) in [6, 6.07) is 3.99. The molecule has 1 aromatic carbocycles. The molecule has 0 unspecified atom stereocenters. The lowest BCUT2D eigenvalue weighted by atomic mass is 10.2. The van der Waals surface area contributed by atoms with Gasteiger partial charge in [0.25, 0.3) is 0 Å². The van der Waals surface area contributed by atoms with Crippen LogP contribution in [0.4, 0.5) is 13.2 Å². The maximum atomic E-state index is 12.9. The Bertz CT molecular complexity index is 818. The Morgan fingerprint density at radius 2 is 1.96 bits per heavy atom. The summed E-state index contributed by atoms with van der Waals surface area (Å²) < 4.78 is 69.0. The molecule has 2 aromatic rings. The van der Waals surface area contributed by atoms with Crippen LogP contribution in [0.5, 0.6) is 0 Å². The van der Waals surface area contributed by atoms with Crippen LogP contribution in [-0.2, 0) is 22.7 Å². The van der Waals surface area contributed by atoms with Gasteiger partial charge in [0.1, 0.15) is 5.76 Å². The molecule has 23 heavy (non-hydrogen) atoms. The second kappa shape index (κ2) is 6.14. The minimum atomic E-state index is -4.75. The van der Waals surface area contributed by atoms with E-state index in [4.69, 9.17) is 16.1 Å². The van der Waals surface area contributed by atoms with Gasteiger partial charge in [-0.1, -0.05) is 16.8 Å². The van der Waals surface area contributed by atoms with Crippen molar-refractivity contribution in [2.75, 3.05) is 7.05 Å². The van der Waals surface area contributed by atoms with Crippen molar-refractivity contribution < 1.29 is 26.1 Å². The van der Waals surface area contributed by atoms with E-state index in [0.717, 1.165) is 16.4 Å². The molecular weight excluding hydrogens is 357 g/mol. The monoisotopic (exact) mass is 368 g/mol. The van der Waals surface area contributed by atoms with E-state index < -0.39 is 31.7 Å². The highest BCUT2D eigenvalue weighted by Gasteiger charge is 2.35. The molecule has 0 aliphatic carbocycles. The summed E-state index contributed by atoms with van der Waals surface area (Å²) in [6.07, 6.45) is -4.75. The van der Waals surface area contributed by atoms with Gasteiger partial charge < -0.3 is 4.52 Å². The third-order valence-electron chi connectivity index (χ3n) is 3.01. The SMILES string of the molecule is Cc1cc(CN(C)S(=O)(=O)c2ccc(Cl)c(C(F)(F)F)c2)no1. The van der Waals surface area contributed by atoms with Crippen LogP contribution in [0.15, 0.2) is 33.7 Å². The average Bonchev–Trinajstić information content (AvgIpc) is 2.83. The van der Waals surface area contributed by atoms with Crippen LogP contribution >= 0.6 is 11.6 Å². The number of halogens is 4. The number of sulfonamides is 1. The molecule has 126 valence electrons. The topological polar surface area (TPSA) is 63.4 Å². The fraction of sp³-hybridized carbons (Fsp3) is 0.308. The minimum absolute atomic E-state index is 0.135. The van der Waals surface area contributed by atoms with E-state index >= 15 is 0 Å². The predicted molar refractivity (Wildman–Crippen MR) is 76.3 cm³/mol. The molecule has 0 atom stereocenters. The highest BCUT2D eigenvalue weighted by molar-refractivity contribution is 7.89. The molecule has 10 heteroatoms. The van der Waals surface area contributed by atoms with Gasteiger partial charge in [-0.25, -0.2) is 8.42 Å². The van der Waals surface area contributed by atoms with Crippen molar-refractivity contribution in [1.29, 1.82) is 0 Å². The van der Waals surface area contributed by atoms with Crippen LogP contribution in [0.3, 0.4) is 0 Å². The summed E-state index contributed by atoms with van der Waals surface area (Å²) >= 11 is 5.49. The fourth-order valence-electron chi connectivity index (χ4n) is 1.87. The fourth-order valence-corrected chi connectivity index (χ4v) is 3.26. The van der Waals surface area contributed by atoms with E-state index in [2.05, 4.69) is 5.16 Å². The summed E-state index contributed by atoms with van der Waals surface area (Å²) in [6.45, 7) is 1.50. The summed E-state index contributed by atoms with van der Waals surface area (Å²) in [5.41, 5.74) is -0.857. The molecular formula is C13H12ClF3N2O3S. The molecule has 0 saturated carbocycles. The number of alkyl halides is 3. The summed E-state index contributed by atoms with van der Waals surface area (Å²) in [4.78, 5) is -0.503. The van der Waals surface area contributed by atoms with E-state index in [-0.39, 0.29) is 6.54 Å². The van der Waals surface area contributed by atoms with Crippen LogP contribution in [0.2, 0.25) is 5.02 Å². The second-order valence-corrected chi connectivity index (χ2v) is 7.28. The van der Waals surface area contributed by atoms with Crippen molar-refractivity contribution in [1.82, 2.24) is 9.46 Å². The quantitative estimate of drug-likeness (QED) is 0.828. The molecule has 0 amide bonds. The number of rotatable bonds is 4. The molecule has 0 aliphatic rings. The van der Waals surface area contributed by atoms with Gasteiger partial charge in [-0.2, -0.15) is 17.5 Å². The molecule has 5 nitrogen and oxygen atoms in total. The molecule has 1 heterocycles. The van der Waals surface area contributed by atoms with Crippen molar-refractivity contribution in [3.63, 3.8) is 0 Å². The van der Waals surface area contributed by atoms with Crippen LogP contribution < -0.4 is 0 Å². The van der Waals surface area contributed by atoms with Gasteiger partial charge in [0.05, 0.1) is 27.7 Å². The molecule has 0 fully saturated rings. The number of hydrogen-bond acceptors (Lipinski definition) is 4. The number of benzene rings is 1. The Kier molecular flexibility index (Phi) is 4.74. The van der Waals surface area contributed by atoms with Crippen LogP contribution in [-0.4, -0.2) is 24.9 Å². The highest BCUT2D eigenvalue weighted by atomic mass is 35.5. The van der Waals surface area contributed by atoms with E-state index in [1.165, 1.54) is 13.1 Å². The van der Waals surface area contributed by atoms with Gasteiger partial charge in [-0.05, 0) is 25.1 Å². The zero-order valence-corrected chi connectivity index (χ0v) is 13.6. The normalized spacial score (nSPS) is 12.8. The van der Waals surface area contributed by atoms with Crippen molar-refractivity contribution in [2.45, 2.75) is 24.5 Å². The number of aryl methyl sites for hydroxylation is 1. The largest absolute Gasteiger partial charge is 0.417 e. The zero-order chi connectivity index (χ0) is 17.4. The Balaban J connectivity index is 2.35. The van der Waals surface area contributed by atoms with Crippen molar-refractivity contribution in [3.05, 3.63) is 46.3 Å². The smallest absolute Gasteiger partial charge is 0.361 e. The molecule has 1 aromatic heterocycles. The first kappa shape index (κ1) is 17.8. The molecule has 0 saturated heterocycles. The highest BCUT2D eigenvalue weighted by Crippen LogP contribution is 2.36. The van der Waals surface area contributed by atoms with Gasteiger partial charge in [0.15, 0.2) is 0 Å². The standard InChI is InChI=1S/C13H12ClF3N2O3S/c1-8-5-9(18-22-8)7-19(2)23(20,21)10-3-4-12(14)11(6-10)13(15,16)17/h3-6H,7H2,1-2H3. The third-order valence-corrected chi connectivity index (χ3v) is 5.14. The Labute approximate surface area is 135 Å². The maximum absolute atomic E-state index is 12.9. The van der Waals surface area contributed by atoms with Gasteiger partial charge in [0.2, 0.25) is 10.0 Å². The number of aromatic nitrogens is 1. The van der Waals surface area contributed by atoms with Gasteiger partial charge >= 0.3 is 6.18 Å². The number of hydrogen-bond donors (Lipinski definition) is 0.